The molecule has 1 saturated heterocycles. The van der Waals surface area contributed by atoms with Crippen LogP contribution in [0, 0.1) is 13.8 Å². The Hall–Kier alpha value is -2.15. The van der Waals surface area contributed by atoms with Crippen LogP contribution in [0.2, 0.25) is 0 Å². The highest BCUT2D eigenvalue weighted by atomic mass is 16.5. The standard InChI is InChI=1S/C16H23N5O2/c1-12-4-6-21(18-12)7-5-15(22)20-8-9-23-14(11-20)16-17-13(2)10-19(16)3/h4,6,10,14H,5,7-9,11H2,1-3H3. The second-order valence-corrected chi connectivity index (χ2v) is 6.02. The number of carbonyl (C=O) groups excluding carboxylic acids is 1. The predicted octanol–water partition coefficient (Wildman–Crippen LogP) is 1.22. The van der Waals surface area contributed by atoms with Gasteiger partial charge in [-0.05, 0) is 19.9 Å². The van der Waals surface area contributed by atoms with Gasteiger partial charge in [0.2, 0.25) is 5.91 Å². The summed E-state index contributed by atoms with van der Waals surface area (Å²) in [5.74, 6) is 1.01. The van der Waals surface area contributed by atoms with Crippen LogP contribution in [-0.2, 0) is 23.1 Å². The van der Waals surface area contributed by atoms with Gasteiger partial charge in [-0.15, -0.1) is 0 Å². The highest BCUT2D eigenvalue weighted by Gasteiger charge is 2.27. The Morgan fingerprint density at radius 1 is 1.39 bits per heavy atom. The minimum absolute atomic E-state index is 0.136. The quantitative estimate of drug-likeness (QED) is 0.850. The number of nitrogens with zero attached hydrogens (tertiary/aromatic N) is 5. The van der Waals surface area contributed by atoms with Crippen molar-refractivity contribution in [2.75, 3.05) is 19.7 Å². The third kappa shape index (κ3) is 3.61. The van der Waals surface area contributed by atoms with Crippen LogP contribution in [0.3, 0.4) is 0 Å². The summed E-state index contributed by atoms with van der Waals surface area (Å²) in [6.07, 6.45) is 4.17. The summed E-state index contributed by atoms with van der Waals surface area (Å²) in [6, 6.07) is 1.94. The van der Waals surface area contributed by atoms with Gasteiger partial charge < -0.3 is 14.2 Å². The largest absolute Gasteiger partial charge is 0.367 e. The van der Waals surface area contributed by atoms with Crippen LogP contribution in [0.1, 0.15) is 29.7 Å². The first kappa shape index (κ1) is 15.7. The lowest BCUT2D eigenvalue weighted by Crippen LogP contribution is -2.43. The van der Waals surface area contributed by atoms with Crippen LogP contribution in [0.4, 0.5) is 0 Å². The molecule has 2 aromatic rings. The SMILES string of the molecule is Cc1cn(C)c(C2CN(C(=O)CCn3ccc(C)n3)CCO2)n1. The minimum Gasteiger partial charge on any atom is -0.367 e. The Bertz CT molecular complexity index is 690. The van der Waals surface area contributed by atoms with E-state index in [9.17, 15) is 4.79 Å². The van der Waals surface area contributed by atoms with E-state index < -0.39 is 0 Å². The van der Waals surface area contributed by atoms with Gasteiger partial charge in [0.15, 0.2) is 0 Å². The Morgan fingerprint density at radius 2 is 2.22 bits per heavy atom. The molecule has 0 radical (unpaired) electrons. The van der Waals surface area contributed by atoms with Crippen molar-refractivity contribution in [1.29, 1.82) is 0 Å². The third-order valence-electron chi connectivity index (χ3n) is 4.07. The fraction of sp³-hybridized carbons (Fsp3) is 0.562. The zero-order valence-corrected chi connectivity index (χ0v) is 13.9. The highest BCUT2D eigenvalue weighted by molar-refractivity contribution is 5.76. The van der Waals surface area contributed by atoms with Crippen molar-refractivity contribution in [3.8, 4) is 0 Å². The van der Waals surface area contributed by atoms with Crippen molar-refractivity contribution < 1.29 is 9.53 Å². The summed E-state index contributed by atoms with van der Waals surface area (Å²) >= 11 is 0. The van der Waals surface area contributed by atoms with Crippen molar-refractivity contribution in [3.63, 3.8) is 0 Å². The molecule has 0 aromatic carbocycles. The average molecular weight is 317 g/mol. The molecule has 1 atom stereocenters. The van der Waals surface area contributed by atoms with Gasteiger partial charge in [0.05, 0.1) is 24.5 Å². The summed E-state index contributed by atoms with van der Waals surface area (Å²) in [6.45, 7) is 6.25. The van der Waals surface area contributed by atoms with Gasteiger partial charge in [0.25, 0.3) is 0 Å². The second-order valence-electron chi connectivity index (χ2n) is 6.02. The molecule has 1 aliphatic rings. The normalized spacial score (nSPS) is 18.4. The molecule has 1 unspecified atom stereocenters. The number of rotatable bonds is 4. The number of aromatic nitrogens is 4. The molecule has 1 fully saturated rings. The first-order chi connectivity index (χ1) is 11.0. The molecule has 3 heterocycles. The molecule has 0 saturated carbocycles. The average Bonchev–Trinajstić information content (AvgIpc) is 3.10. The molecule has 0 bridgehead atoms. The molecular formula is C16H23N5O2. The van der Waals surface area contributed by atoms with Gasteiger partial charge in [0.1, 0.15) is 11.9 Å². The first-order valence-electron chi connectivity index (χ1n) is 7.92. The van der Waals surface area contributed by atoms with E-state index in [0.717, 1.165) is 17.2 Å². The fourth-order valence-electron chi connectivity index (χ4n) is 2.92. The van der Waals surface area contributed by atoms with E-state index in [2.05, 4.69) is 10.1 Å². The lowest BCUT2D eigenvalue weighted by Gasteiger charge is -2.32. The minimum atomic E-state index is -0.154. The number of amides is 1. The van der Waals surface area contributed by atoms with Crippen LogP contribution < -0.4 is 0 Å². The molecule has 2 aromatic heterocycles. The van der Waals surface area contributed by atoms with Gasteiger partial charge in [-0.1, -0.05) is 0 Å². The van der Waals surface area contributed by atoms with Gasteiger partial charge >= 0.3 is 0 Å². The van der Waals surface area contributed by atoms with E-state index in [1.54, 1.807) is 0 Å². The summed E-state index contributed by atoms with van der Waals surface area (Å²) < 4.78 is 9.60. The van der Waals surface area contributed by atoms with Crippen molar-refractivity contribution in [2.24, 2.45) is 7.05 Å². The zero-order chi connectivity index (χ0) is 16.4. The Morgan fingerprint density at radius 3 is 2.87 bits per heavy atom. The molecule has 23 heavy (non-hydrogen) atoms. The number of hydrogen-bond acceptors (Lipinski definition) is 4. The lowest BCUT2D eigenvalue weighted by atomic mass is 10.2. The molecule has 1 amide bonds. The van der Waals surface area contributed by atoms with Crippen LogP contribution in [0.25, 0.3) is 0 Å². The Kier molecular flexibility index (Phi) is 4.47. The number of ether oxygens (including phenoxy) is 1. The molecule has 0 aliphatic carbocycles. The number of morpholine rings is 1. The van der Waals surface area contributed by atoms with E-state index >= 15 is 0 Å². The predicted molar refractivity (Wildman–Crippen MR) is 84.8 cm³/mol. The molecule has 0 N–H and O–H groups in total. The Balaban J connectivity index is 1.59. The van der Waals surface area contributed by atoms with E-state index in [4.69, 9.17) is 4.74 Å². The van der Waals surface area contributed by atoms with Crippen LogP contribution in [-0.4, -0.2) is 49.8 Å². The molecule has 124 valence electrons. The topological polar surface area (TPSA) is 65.2 Å². The Labute approximate surface area is 135 Å². The summed E-state index contributed by atoms with van der Waals surface area (Å²) in [5.41, 5.74) is 1.93. The van der Waals surface area contributed by atoms with Gasteiger partial charge in [-0.25, -0.2) is 4.98 Å². The number of aryl methyl sites for hydroxylation is 4. The highest BCUT2D eigenvalue weighted by Crippen LogP contribution is 2.21. The number of imidazole rings is 1. The first-order valence-corrected chi connectivity index (χ1v) is 7.92. The van der Waals surface area contributed by atoms with Crippen LogP contribution in [0.5, 0.6) is 0 Å². The van der Waals surface area contributed by atoms with Crippen molar-refractivity contribution in [2.45, 2.75) is 32.9 Å². The molecule has 3 rings (SSSR count). The van der Waals surface area contributed by atoms with Crippen molar-refractivity contribution in [1.82, 2.24) is 24.2 Å². The van der Waals surface area contributed by atoms with E-state index in [0.29, 0.717) is 32.7 Å². The van der Waals surface area contributed by atoms with E-state index in [1.165, 1.54) is 0 Å². The van der Waals surface area contributed by atoms with Crippen LogP contribution in [0.15, 0.2) is 18.5 Å². The lowest BCUT2D eigenvalue weighted by molar-refractivity contribution is -0.139. The van der Waals surface area contributed by atoms with Crippen molar-refractivity contribution >= 4 is 5.91 Å². The summed E-state index contributed by atoms with van der Waals surface area (Å²) in [4.78, 5) is 18.8. The van der Waals surface area contributed by atoms with E-state index in [-0.39, 0.29) is 12.0 Å². The third-order valence-corrected chi connectivity index (χ3v) is 4.07. The monoisotopic (exact) mass is 317 g/mol. The maximum atomic E-state index is 12.4. The van der Waals surface area contributed by atoms with Crippen LogP contribution >= 0.6 is 0 Å². The van der Waals surface area contributed by atoms with Gasteiger partial charge in [-0.2, -0.15) is 5.10 Å². The van der Waals surface area contributed by atoms with Gasteiger partial charge in [-0.3, -0.25) is 9.48 Å². The number of hydrogen-bond donors (Lipinski definition) is 0. The molecule has 1 aliphatic heterocycles. The smallest absolute Gasteiger partial charge is 0.224 e. The summed E-state index contributed by atoms with van der Waals surface area (Å²) in [5, 5.41) is 4.31. The maximum absolute atomic E-state index is 12.4. The molecule has 7 heteroatoms. The maximum Gasteiger partial charge on any atom is 0.224 e. The zero-order valence-electron chi connectivity index (χ0n) is 13.9. The van der Waals surface area contributed by atoms with Crippen molar-refractivity contribution in [3.05, 3.63) is 35.7 Å². The molecule has 7 nitrogen and oxygen atoms in total. The number of carbonyl (C=O) groups is 1. The summed E-state index contributed by atoms with van der Waals surface area (Å²) in [7, 11) is 1.96. The van der Waals surface area contributed by atoms with E-state index in [1.807, 2.05) is 53.5 Å². The fourth-order valence-corrected chi connectivity index (χ4v) is 2.92. The molecule has 0 spiro atoms. The second kappa shape index (κ2) is 6.54. The molecular weight excluding hydrogens is 294 g/mol. The van der Waals surface area contributed by atoms with Gasteiger partial charge in [0, 0.05) is 39.0 Å².